The molecule has 2 aromatic rings. The van der Waals surface area contributed by atoms with Gasteiger partial charge in [0.05, 0.1) is 6.20 Å². The summed E-state index contributed by atoms with van der Waals surface area (Å²) in [5.41, 5.74) is 1.06. The van der Waals surface area contributed by atoms with Crippen LogP contribution in [0.3, 0.4) is 0 Å². The van der Waals surface area contributed by atoms with Gasteiger partial charge in [-0.15, -0.1) is 5.10 Å². The third-order valence-electron chi connectivity index (χ3n) is 2.93. The fourth-order valence-corrected chi connectivity index (χ4v) is 1.86. The highest BCUT2D eigenvalue weighted by Crippen LogP contribution is 2.02. The summed E-state index contributed by atoms with van der Waals surface area (Å²) in [6.45, 7) is 3.39. The predicted octanol–water partition coefficient (Wildman–Crippen LogP) is 1.20. The van der Waals surface area contributed by atoms with Gasteiger partial charge in [0.25, 0.3) is 0 Å². The van der Waals surface area contributed by atoms with Crippen molar-refractivity contribution in [1.82, 2.24) is 20.6 Å². The second-order valence-corrected chi connectivity index (χ2v) is 4.41. The molecule has 1 N–H and O–H groups in total. The second kappa shape index (κ2) is 8.65. The number of amides is 1. The number of nitrogens with zero attached hydrogens (tertiary/aromatic N) is 3. The molecule has 0 bridgehead atoms. The molecule has 0 unspecified atom stereocenters. The van der Waals surface area contributed by atoms with Crippen molar-refractivity contribution in [2.45, 2.75) is 0 Å². The number of carbonyl (C=O) groups excluding carboxylic acids is 1. The van der Waals surface area contributed by atoms with Gasteiger partial charge in [-0.25, -0.2) is 0 Å². The Morgan fingerprint density at radius 2 is 2.00 bits per heavy atom. The molecule has 6 heteroatoms. The van der Waals surface area contributed by atoms with Gasteiger partial charge in [0.15, 0.2) is 0 Å². The number of benzene rings is 1. The van der Waals surface area contributed by atoms with E-state index >= 15 is 0 Å². The normalized spacial score (nSPS) is 14.6. The molecule has 1 saturated heterocycles. The van der Waals surface area contributed by atoms with Crippen LogP contribution in [0.2, 0.25) is 0 Å². The third kappa shape index (κ3) is 5.58. The SMILES string of the molecule is O=C(C=Cc1ccccc1)N1CCNCC1.c1conn1. The number of rotatable bonds is 2. The zero-order valence-corrected chi connectivity index (χ0v) is 11.7. The summed E-state index contributed by atoms with van der Waals surface area (Å²) >= 11 is 0. The predicted molar refractivity (Wildman–Crippen MR) is 79.2 cm³/mol. The molecule has 1 aliphatic rings. The van der Waals surface area contributed by atoms with E-state index in [1.54, 1.807) is 6.08 Å². The van der Waals surface area contributed by atoms with E-state index in [9.17, 15) is 4.79 Å². The molecule has 0 aliphatic carbocycles. The molecule has 6 nitrogen and oxygen atoms in total. The van der Waals surface area contributed by atoms with Crippen LogP contribution in [0.1, 0.15) is 5.56 Å². The van der Waals surface area contributed by atoms with Gasteiger partial charge in [0, 0.05) is 37.5 Å². The van der Waals surface area contributed by atoms with Crippen LogP contribution >= 0.6 is 0 Å². The Kier molecular flexibility index (Phi) is 6.15. The van der Waals surface area contributed by atoms with Crippen molar-refractivity contribution in [2.75, 3.05) is 26.2 Å². The minimum absolute atomic E-state index is 0.102. The molecule has 0 saturated carbocycles. The molecule has 1 fully saturated rings. The molecule has 1 aromatic carbocycles. The first-order valence-electron chi connectivity index (χ1n) is 6.80. The van der Waals surface area contributed by atoms with Crippen LogP contribution in [0, 0.1) is 0 Å². The zero-order chi connectivity index (χ0) is 14.8. The lowest BCUT2D eigenvalue weighted by atomic mass is 10.2. The summed E-state index contributed by atoms with van der Waals surface area (Å²) in [5.74, 6) is 0.102. The van der Waals surface area contributed by atoms with Crippen LogP contribution in [0.4, 0.5) is 0 Å². The fourth-order valence-electron chi connectivity index (χ4n) is 1.86. The third-order valence-corrected chi connectivity index (χ3v) is 2.93. The summed E-state index contributed by atoms with van der Waals surface area (Å²) in [5, 5.41) is 9.63. The van der Waals surface area contributed by atoms with Crippen LogP contribution in [0.5, 0.6) is 0 Å². The molecule has 1 aliphatic heterocycles. The zero-order valence-electron chi connectivity index (χ0n) is 11.7. The molecule has 3 rings (SSSR count). The van der Waals surface area contributed by atoms with Crippen molar-refractivity contribution >= 4 is 12.0 Å². The highest BCUT2D eigenvalue weighted by atomic mass is 16.5. The number of carbonyl (C=O) groups is 1. The Morgan fingerprint density at radius 1 is 1.24 bits per heavy atom. The first-order chi connectivity index (χ1) is 10.4. The fraction of sp³-hybridized carbons (Fsp3) is 0.267. The van der Waals surface area contributed by atoms with E-state index in [0.29, 0.717) is 0 Å². The van der Waals surface area contributed by atoms with Crippen molar-refractivity contribution < 1.29 is 9.32 Å². The first-order valence-corrected chi connectivity index (χ1v) is 6.80. The Hall–Kier alpha value is -2.47. The van der Waals surface area contributed by atoms with Crippen LogP contribution in [-0.4, -0.2) is 47.4 Å². The van der Waals surface area contributed by atoms with Crippen LogP contribution in [0.15, 0.2) is 53.4 Å². The highest BCUT2D eigenvalue weighted by Gasteiger charge is 2.12. The van der Waals surface area contributed by atoms with Crippen molar-refractivity contribution in [3.05, 3.63) is 54.4 Å². The molecule has 1 aromatic heterocycles. The standard InChI is InChI=1S/C13H16N2O.C2H2N2O/c16-13(15-10-8-14-9-11-15)7-6-12-4-2-1-3-5-12;1-2-5-4-3-1/h1-7,14H,8-11H2;1-2H. The van der Waals surface area contributed by atoms with Crippen molar-refractivity contribution in [2.24, 2.45) is 0 Å². The van der Waals surface area contributed by atoms with Gasteiger partial charge in [0.2, 0.25) is 5.91 Å². The maximum absolute atomic E-state index is 11.8. The number of piperazine rings is 1. The molecule has 110 valence electrons. The van der Waals surface area contributed by atoms with Crippen molar-refractivity contribution in [3.63, 3.8) is 0 Å². The lowest BCUT2D eigenvalue weighted by Gasteiger charge is -2.26. The molecular formula is C15H18N4O2. The van der Waals surface area contributed by atoms with E-state index in [0.717, 1.165) is 31.7 Å². The van der Waals surface area contributed by atoms with Gasteiger partial charge in [0.1, 0.15) is 6.26 Å². The van der Waals surface area contributed by atoms with E-state index in [1.807, 2.05) is 41.3 Å². The summed E-state index contributed by atoms with van der Waals surface area (Å²) in [4.78, 5) is 13.7. The minimum atomic E-state index is 0.102. The number of hydrogen-bond acceptors (Lipinski definition) is 5. The van der Waals surface area contributed by atoms with Crippen LogP contribution in [0.25, 0.3) is 6.08 Å². The molecule has 0 radical (unpaired) electrons. The van der Waals surface area contributed by atoms with Gasteiger partial charge >= 0.3 is 0 Å². The Morgan fingerprint density at radius 3 is 2.57 bits per heavy atom. The minimum Gasteiger partial charge on any atom is -0.346 e. The maximum atomic E-state index is 11.8. The number of nitrogens with one attached hydrogen (secondary N) is 1. The van der Waals surface area contributed by atoms with Gasteiger partial charge in [-0.3, -0.25) is 4.79 Å². The smallest absolute Gasteiger partial charge is 0.246 e. The molecule has 21 heavy (non-hydrogen) atoms. The summed E-state index contributed by atoms with van der Waals surface area (Å²) in [6.07, 6.45) is 6.39. The Labute approximate surface area is 123 Å². The summed E-state index contributed by atoms with van der Waals surface area (Å²) < 4.78 is 4.22. The monoisotopic (exact) mass is 286 g/mol. The average Bonchev–Trinajstić information content (AvgIpc) is 3.14. The topological polar surface area (TPSA) is 71.3 Å². The summed E-state index contributed by atoms with van der Waals surface area (Å²) in [7, 11) is 0. The van der Waals surface area contributed by atoms with E-state index in [4.69, 9.17) is 0 Å². The van der Waals surface area contributed by atoms with E-state index in [-0.39, 0.29) is 5.91 Å². The number of aromatic nitrogens is 2. The van der Waals surface area contributed by atoms with Crippen LogP contribution in [-0.2, 0) is 4.79 Å². The molecule has 2 heterocycles. The number of hydrogen-bond donors (Lipinski definition) is 1. The highest BCUT2D eigenvalue weighted by molar-refractivity contribution is 5.91. The lowest BCUT2D eigenvalue weighted by Crippen LogP contribution is -2.45. The quantitative estimate of drug-likeness (QED) is 0.840. The Bertz CT molecular complexity index is 517. The van der Waals surface area contributed by atoms with E-state index < -0.39 is 0 Å². The Balaban J connectivity index is 0.000000272. The average molecular weight is 286 g/mol. The van der Waals surface area contributed by atoms with Gasteiger partial charge in [-0.2, -0.15) is 0 Å². The molecule has 1 amide bonds. The van der Waals surface area contributed by atoms with Crippen molar-refractivity contribution in [3.8, 4) is 0 Å². The first kappa shape index (κ1) is 14.9. The second-order valence-electron chi connectivity index (χ2n) is 4.41. The van der Waals surface area contributed by atoms with Crippen molar-refractivity contribution in [1.29, 1.82) is 0 Å². The van der Waals surface area contributed by atoms with Gasteiger partial charge in [-0.1, -0.05) is 30.3 Å². The van der Waals surface area contributed by atoms with E-state index in [1.165, 1.54) is 12.5 Å². The van der Waals surface area contributed by atoms with E-state index in [2.05, 4.69) is 20.2 Å². The maximum Gasteiger partial charge on any atom is 0.246 e. The molecule has 0 atom stereocenters. The van der Waals surface area contributed by atoms with Crippen LogP contribution < -0.4 is 5.32 Å². The van der Waals surface area contributed by atoms with Gasteiger partial charge < -0.3 is 14.7 Å². The molecular weight excluding hydrogens is 268 g/mol. The molecule has 0 spiro atoms. The van der Waals surface area contributed by atoms with Gasteiger partial charge in [-0.05, 0) is 11.6 Å². The summed E-state index contributed by atoms with van der Waals surface area (Å²) in [6, 6.07) is 9.88. The lowest BCUT2D eigenvalue weighted by molar-refractivity contribution is -0.126. The largest absolute Gasteiger partial charge is 0.346 e.